The molecule has 6 rings (SSSR count). The van der Waals surface area contributed by atoms with E-state index in [0.29, 0.717) is 17.9 Å². The first-order valence-electron chi connectivity index (χ1n) is 12.8. The van der Waals surface area contributed by atoms with Crippen LogP contribution in [0.4, 0.5) is 11.6 Å². The molecule has 2 atom stereocenters. The Hall–Kier alpha value is -4.16. The average molecular weight is 516 g/mol. The minimum atomic E-state index is -0.729. The number of nitrogens with zero attached hydrogens (tertiary/aromatic N) is 7. The molecule has 196 valence electrons. The summed E-state index contributed by atoms with van der Waals surface area (Å²) >= 11 is 0. The number of anilines is 2. The van der Waals surface area contributed by atoms with E-state index in [0.717, 1.165) is 73.8 Å². The van der Waals surface area contributed by atoms with E-state index in [4.69, 9.17) is 19.9 Å². The van der Waals surface area contributed by atoms with Crippen LogP contribution in [0.25, 0.3) is 11.3 Å². The molecule has 1 amide bonds. The third-order valence-electron chi connectivity index (χ3n) is 7.13. The Balaban J connectivity index is 1.33. The predicted octanol–water partition coefficient (Wildman–Crippen LogP) is 2.71. The number of nitrogens with one attached hydrogen (secondary N) is 1. The Morgan fingerprint density at radius 3 is 2.92 bits per heavy atom. The lowest BCUT2D eigenvalue weighted by Crippen LogP contribution is -2.35. The van der Waals surface area contributed by atoms with Crippen molar-refractivity contribution in [3.05, 3.63) is 65.8 Å². The van der Waals surface area contributed by atoms with Crippen molar-refractivity contribution in [2.75, 3.05) is 25.1 Å². The minimum Gasteiger partial charge on any atom is -0.416 e. The maximum Gasteiger partial charge on any atom is 0.306 e. The van der Waals surface area contributed by atoms with Crippen molar-refractivity contribution >= 4 is 17.5 Å². The van der Waals surface area contributed by atoms with Crippen LogP contribution < -0.4 is 11.1 Å². The summed E-state index contributed by atoms with van der Waals surface area (Å²) in [5.74, 6) is -0.148. The Morgan fingerprint density at radius 1 is 1.24 bits per heavy atom. The van der Waals surface area contributed by atoms with Gasteiger partial charge in [-0.15, -0.1) is 10.2 Å². The monoisotopic (exact) mass is 515 g/mol. The molecule has 0 unspecified atom stereocenters. The number of carbonyl (C=O) groups is 1. The van der Waals surface area contributed by atoms with E-state index in [2.05, 4.69) is 42.6 Å². The van der Waals surface area contributed by atoms with E-state index >= 15 is 0 Å². The quantitative estimate of drug-likeness (QED) is 0.376. The molecule has 0 bridgehead atoms. The molecule has 2 aliphatic heterocycles. The van der Waals surface area contributed by atoms with Crippen molar-refractivity contribution < 1.29 is 13.9 Å². The smallest absolute Gasteiger partial charge is 0.306 e. The van der Waals surface area contributed by atoms with Crippen LogP contribution in [0.15, 0.2) is 47.3 Å². The van der Waals surface area contributed by atoms with Crippen LogP contribution >= 0.6 is 0 Å². The van der Waals surface area contributed by atoms with Crippen LogP contribution in [0, 0.1) is 0 Å². The molecule has 1 saturated heterocycles. The number of fused-ring (bicyclic) bond motifs is 1. The number of hydrogen-bond acceptors (Lipinski definition) is 10. The van der Waals surface area contributed by atoms with Crippen molar-refractivity contribution in [2.45, 2.75) is 44.8 Å². The second-order valence-electron chi connectivity index (χ2n) is 9.53. The second kappa shape index (κ2) is 10.3. The molecule has 0 saturated carbocycles. The summed E-state index contributed by atoms with van der Waals surface area (Å²) in [6, 6.07) is 8.57. The van der Waals surface area contributed by atoms with Gasteiger partial charge in [-0.3, -0.25) is 14.4 Å². The number of primary amides is 1. The molecule has 2 aliphatic rings. The molecule has 12 nitrogen and oxygen atoms in total. The highest BCUT2D eigenvalue weighted by Gasteiger charge is 2.32. The zero-order chi connectivity index (χ0) is 26.1. The summed E-state index contributed by atoms with van der Waals surface area (Å²) in [5, 5.41) is 15.5. The van der Waals surface area contributed by atoms with Crippen molar-refractivity contribution in [3.63, 3.8) is 0 Å². The Labute approximate surface area is 219 Å². The van der Waals surface area contributed by atoms with Crippen LogP contribution in [0.5, 0.6) is 0 Å². The summed E-state index contributed by atoms with van der Waals surface area (Å²) in [4.78, 5) is 23.2. The fraction of sp³-hybridized carbons (Fsp3) is 0.385. The van der Waals surface area contributed by atoms with Crippen molar-refractivity contribution in [1.82, 2.24) is 34.8 Å². The molecule has 12 heteroatoms. The maximum atomic E-state index is 11.6. The van der Waals surface area contributed by atoms with Gasteiger partial charge in [0.2, 0.25) is 11.8 Å². The van der Waals surface area contributed by atoms with Crippen LogP contribution in [0.2, 0.25) is 0 Å². The Morgan fingerprint density at radius 2 is 2.16 bits per heavy atom. The van der Waals surface area contributed by atoms with E-state index in [1.165, 1.54) is 0 Å². The highest BCUT2D eigenvalue weighted by Crippen LogP contribution is 2.36. The van der Waals surface area contributed by atoms with Gasteiger partial charge in [0, 0.05) is 43.7 Å². The number of ether oxygens (including phenoxy) is 1. The molecule has 4 aromatic rings. The summed E-state index contributed by atoms with van der Waals surface area (Å²) in [6.45, 7) is 5.92. The van der Waals surface area contributed by atoms with Gasteiger partial charge in [-0.2, -0.15) is 5.10 Å². The minimum absolute atomic E-state index is 0.148. The van der Waals surface area contributed by atoms with Crippen LogP contribution in [-0.4, -0.2) is 66.6 Å². The molecule has 1 fully saturated rings. The average Bonchev–Trinajstić information content (AvgIpc) is 3.70. The summed E-state index contributed by atoms with van der Waals surface area (Å²) in [5.41, 5.74) is 10.2. The van der Waals surface area contributed by atoms with Gasteiger partial charge < -0.3 is 20.2 Å². The fourth-order valence-electron chi connectivity index (χ4n) is 5.15. The number of aromatic nitrogens is 6. The zero-order valence-electron chi connectivity index (χ0n) is 21.1. The maximum absolute atomic E-state index is 11.6. The number of hydrogen-bond donors (Lipinski definition) is 2. The molecule has 0 radical (unpaired) electrons. The number of aryl methyl sites for hydroxylation is 1. The lowest BCUT2D eigenvalue weighted by molar-refractivity contribution is 0.0964. The number of rotatable bonds is 7. The highest BCUT2D eigenvalue weighted by molar-refractivity contribution is 5.87. The van der Waals surface area contributed by atoms with Gasteiger partial charge in [0.15, 0.2) is 0 Å². The predicted molar refractivity (Wildman–Crippen MR) is 138 cm³/mol. The first-order chi connectivity index (χ1) is 18.6. The standard InChI is InChI=1S/C26H29N9O3/c1-2-35-14-18(12-29-35)30-26-28-8-5-22(31-26)16-3-4-20-17(11-16)13-34(19-7-10-37-15-19)9-6-21(20)24-32-33-25(38-24)23(27)36/h3-5,8,11-12,14,19,21H,2,6-7,9-10,13,15H2,1H3,(H2,27,36)(H,28,30,31)/t19-,21-/m0/s1. The molecule has 1 aromatic carbocycles. The van der Waals surface area contributed by atoms with Crippen LogP contribution in [-0.2, 0) is 17.8 Å². The number of amides is 1. The topological polar surface area (TPSA) is 150 Å². The third-order valence-corrected chi connectivity index (χ3v) is 7.13. The van der Waals surface area contributed by atoms with Crippen molar-refractivity contribution in [1.29, 1.82) is 0 Å². The van der Waals surface area contributed by atoms with Crippen LogP contribution in [0.1, 0.15) is 53.4 Å². The van der Waals surface area contributed by atoms with E-state index in [1.807, 2.05) is 29.9 Å². The van der Waals surface area contributed by atoms with Gasteiger partial charge in [-0.05, 0) is 49.6 Å². The molecular weight excluding hydrogens is 486 g/mol. The van der Waals surface area contributed by atoms with Gasteiger partial charge >= 0.3 is 11.8 Å². The lowest BCUT2D eigenvalue weighted by Gasteiger charge is -2.26. The van der Waals surface area contributed by atoms with Crippen LogP contribution in [0.3, 0.4) is 0 Å². The number of benzene rings is 1. The van der Waals surface area contributed by atoms with E-state index in [1.54, 1.807) is 12.4 Å². The van der Waals surface area contributed by atoms with E-state index in [9.17, 15) is 4.79 Å². The van der Waals surface area contributed by atoms with Gasteiger partial charge in [0.05, 0.1) is 30.1 Å². The summed E-state index contributed by atoms with van der Waals surface area (Å²) < 4.78 is 13.2. The van der Waals surface area contributed by atoms with Crippen molar-refractivity contribution in [3.8, 4) is 11.3 Å². The molecule has 38 heavy (non-hydrogen) atoms. The van der Waals surface area contributed by atoms with Crippen molar-refractivity contribution in [2.24, 2.45) is 5.73 Å². The number of carbonyl (C=O) groups excluding carboxylic acids is 1. The fourth-order valence-corrected chi connectivity index (χ4v) is 5.15. The number of nitrogens with two attached hydrogens (primary N) is 1. The molecule has 0 aliphatic carbocycles. The zero-order valence-corrected chi connectivity index (χ0v) is 21.1. The molecule has 5 heterocycles. The van der Waals surface area contributed by atoms with Gasteiger partial charge in [-0.25, -0.2) is 9.97 Å². The molecular formula is C26H29N9O3. The van der Waals surface area contributed by atoms with E-state index in [-0.39, 0.29) is 11.8 Å². The lowest BCUT2D eigenvalue weighted by atomic mass is 9.91. The molecule has 3 aromatic heterocycles. The SMILES string of the molecule is CCn1cc(Nc2nccc(-c3ccc4c(c3)CN([C@H]3CCOC3)CC[C@@H]4c3nnc(C(N)=O)o3)n2)cn1. The largest absolute Gasteiger partial charge is 0.416 e. The van der Waals surface area contributed by atoms with Gasteiger partial charge in [-0.1, -0.05) is 12.1 Å². The first kappa shape index (κ1) is 24.2. The Kier molecular flexibility index (Phi) is 6.56. The third kappa shape index (κ3) is 4.87. The molecule has 0 spiro atoms. The second-order valence-corrected chi connectivity index (χ2v) is 9.53. The normalized spacial score (nSPS) is 19.7. The van der Waals surface area contributed by atoms with E-state index < -0.39 is 5.91 Å². The van der Waals surface area contributed by atoms with Gasteiger partial charge in [0.25, 0.3) is 0 Å². The first-order valence-corrected chi connectivity index (χ1v) is 12.8. The highest BCUT2D eigenvalue weighted by atomic mass is 16.5. The Bertz CT molecular complexity index is 1440. The summed E-state index contributed by atoms with van der Waals surface area (Å²) in [7, 11) is 0. The summed E-state index contributed by atoms with van der Waals surface area (Å²) in [6.07, 6.45) is 7.19. The molecule has 3 N–H and O–H groups in total. The van der Waals surface area contributed by atoms with Gasteiger partial charge in [0.1, 0.15) is 0 Å².